The summed E-state index contributed by atoms with van der Waals surface area (Å²) >= 11 is 0. The Bertz CT molecular complexity index is 1180. The van der Waals surface area contributed by atoms with E-state index in [0.29, 0.717) is 29.1 Å². The van der Waals surface area contributed by atoms with Gasteiger partial charge in [0.25, 0.3) is 0 Å². The number of rotatable bonds is 3. The molecular formula is C36H54O4. The Kier molecular flexibility index (Phi) is 5.08. The Morgan fingerprint density at radius 3 is 2.48 bits per heavy atom. The van der Waals surface area contributed by atoms with E-state index in [2.05, 4.69) is 46.8 Å². The van der Waals surface area contributed by atoms with Gasteiger partial charge in [-0.2, -0.15) is 0 Å². The first-order valence-electron chi connectivity index (χ1n) is 17.1. The molecule has 4 nitrogen and oxygen atoms in total. The van der Waals surface area contributed by atoms with Crippen molar-refractivity contribution in [2.75, 3.05) is 6.61 Å². The predicted octanol–water partition coefficient (Wildman–Crippen LogP) is 7.99. The van der Waals surface area contributed by atoms with Crippen molar-refractivity contribution in [2.24, 2.45) is 67.5 Å². The minimum absolute atomic E-state index is 0.0862. The molecule has 2 spiro atoms. The Labute approximate surface area is 242 Å². The summed E-state index contributed by atoms with van der Waals surface area (Å²) in [5, 5.41) is 22.5. The first-order chi connectivity index (χ1) is 18.8. The summed E-state index contributed by atoms with van der Waals surface area (Å²) in [6, 6.07) is 0. The molecule has 4 bridgehead atoms. The van der Waals surface area contributed by atoms with Crippen LogP contribution < -0.4 is 0 Å². The van der Waals surface area contributed by atoms with Crippen molar-refractivity contribution in [1.82, 2.24) is 0 Å². The van der Waals surface area contributed by atoms with Crippen molar-refractivity contribution < 1.29 is 19.7 Å². The van der Waals surface area contributed by atoms with Crippen LogP contribution in [0.15, 0.2) is 12.2 Å². The van der Waals surface area contributed by atoms with Crippen molar-refractivity contribution in [3.8, 4) is 0 Å². The van der Waals surface area contributed by atoms with Crippen LogP contribution in [0.25, 0.3) is 0 Å². The predicted molar refractivity (Wildman–Crippen MR) is 155 cm³/mol. The van der Waals surface area contributed by atoms with Crippen LogP contribution in [-0.4, -0.2) is 28.6 Å². The van der Waals surface area contributed by atoms with Gasteiger partial charge in [-0.25, -0.2) is 0 Å². The Morgan fingerprint density at radius 2 is 1.73 bits per heavy atom. The van der Waals surface area contributed by atoms with E-state index in [0.717, 1.165) is 45.1 Å². The van der Waals surface area contributed by atoms with Gasteiger partial charge in [-0.3, -0.25) is 4.79 Å². The van der Waals surface area contributed by atoms with Crippen LogP contribution >= 0.6 is 0 Å². The van der Waals surface area contributed by atoms with E-state index in [9.17, 15) is 15.0 Å². The van der Waals surface area contributed by atoms with Crippen LogP contribution in [0.4, 0.5) is 0 Å². The molecule has 1 saturated heterocycles. The number of ether oxygens (including phenoxy) is 1. The number of aliphatic hydroxyl groups is 1. The molecule has 0 aromatic rings. The van der Waals surface area contributed by atoms with Crippen LogP contribution in [0.2, 0.25) is 0 Å². The normalized spacial score (nSPS) is 62.7. The average Bonchev–Trinajstić information content (AvgIpc) is 3.08. The SMILES string of the molecule is CCC[C@@H]1[C@]23CC[C@H]4[C@@]56CC=C[C@](CC[C@@H]5C[C@@]5(C)[C@@H]7C[C@](C)(C(=O)O)CC[C@]7(C)CC[C@]45C)(C[C@]1(O)OC2)C36. The molecule has 1 aliphatic heterocycles. The molecule has 7 fully saturated rings. The first kappa shape index (κ1) is 26.7. The van der Waals surface area contributed by atoms with Gasteiger partial charge in [-0.05, 0) is 135 Å². The van der Waals surface area contributed by atoms with E-state index in [1.807, 2.05) is 0 Å². The quantitative estimate of drug-likeness (QED) is 0.350. The zero-order valence-electron chi connectivity index (χ0n) is 25.9. The fourth-order valence-corrected chi connectivity index (χ4v) is 15.2. The zero-order chi connectivity index (χ0) is 28.2. The lowest BCUT2D eigenvalue weighted by atomic mass is 9.23. The minimum atomic E-state index is -0.946. The van der Waals surface area contributed by atoms with E-state index >= 15 is 0 Å². The molecule has 8 aliphatic rings. The molecule has 1 unspecified atom stereocenters. The third-order valence-electron chi connectivity index (χ3n) is 16.9. The number of carboxylic acid groups (broad SMARTS) is 1. The molecule has 7 aliphatic carbocycles. The standard InChI is InChI=1S/C36H54O4/c1-6-8-25-34-14-10-24-31(4)18-17-29(2)15-16-30(3,28(37)38)20-26(29)32(31,5)19-23-9-13-33(21-36(25,39)40-22-34)11-7-12-35(23,24)27(33)34/h7,11,23-27,39H,6,8-10,12-22H2,1-5H3,(H,37,38)/t23-,24-,25-,26-,27?,29-,30-,31-,32+,33+,34+,35-,36+/m1/s1. The molecule has 0 aromatic carbocycles. The van der Waals surface area contributed by atoms with Crippen LogP contribution in [-0.2, 0) is 9.53 Å². The van der Waals surface area contributed by atoms with E-state index in [4.69, 9.17) is 4.74 Å². The van der Waals surface area contributed by atoms with Gasteiger partial charge in [0.2, 0.25) is 0 Å². The Morgan fingerprint density at radius 1 is 0.950 bits per heavy atom. The molecule has 1 heterocycles. The smallest absolute Gasteiger partial charge is 0.309 e. The van der Waals surface area contributed by atoms with Crippen LogP contribution in [0.5, 0.6) is 0 Å². The first-order valence-corrected chi connectivity index (χ1v) is 17.1. The van der Waals surface area contributed by atoms with Crippen molar-refractivity contribution >= 4 is 5.97 Å². The highest BCUT2D eigenvalue weighted by Crippen LogP contribution is 2.86. The minimum Gasteiger partial charge on any atom is -0.481 e. The number of allylic oxidation sites excluding steroid dienone is 2. The second-order valence-electron chi connectivity index (χ2n) is 17.9. The lowest BCUT2D eigenvalue weighted by Gasteiger charge is -2.81. The number of hydrogen-bond donors (Lipinski definition) is 2. The topological polar surface area (TPSA) is 66.8 Å². The summed E-state index contributed by atoms with van der Waals surface area (Å²) in [7, 11) is 0. The lowest BCUT2D eigenvalue weighted by molar-refractivity contribution is -0.330. The van der Waals surface area contributed by atoms with E-state index in [-0.39, 0.29) is 33.0 Å². The lowest BCUT2D eigenvalue weighted by Crippen LogP contribution is -2.76. The maximum atomic E-state index is 12.6. The van der Waals surface area contributed by atoms with Gasteiger partial charge in [0.15, 0.2) is 5.79 Å². The maximum absolute atomic E-state index is 12.6. The molecule has 2 N–H and O–H groups in total. The number of hydrogen-bond acceptors (Lipinski definition) is 3. The fraction of sp³-hybridized carbons (Fsp3) is 0.917. The average molecular weight is 551 g/mol. The number of carbonyl (C=O) groups is 1. The summed E-state index contributed by atoms with van der Waals surface area (Å²) in [5.74, 6) is 1.24. The summed E-state index contributed by atoms with van der Waals surface area (Å²) in [6.45, 7) is 13.0. The van der Waals surface area contributed by atoms with Gasteiger partial charge < -0.3 is 14.9 Å². The summed E-state index contributed by atoms with van der Waals surface area (Å²) in [4.78, 5) is 12.6. The van der Waals surface area contributed by atoms with E-state index in [1.54, 1.807) is 0 Å². The summed E-state index contributed by atoms with van der Waals surface area (Å²) in [6.07, 6.45) is 20.9. The highest BCUT2D eigenvalue weighted by atomic mass is 16.6. The highest BCUT2D eigenvalue weighted by molar-refractivity contribution is 5.74. The van der Waals surface area contributed by atoms with Crippen LogP contribution in [0.3, 0.4) is 0 Å². The summed E-state index contributed by atoms with van der Waals surface area (Å²) < 4.78 is 6.57. The monoisotopic (exact) mass is 550 g/mol. The second-order valence-corrected chi connectivity index (χ2v) is 17.9. The maximum Gasteiger partial charge on any atom is 0.309 e. The van der Waals surface area contributed by atoms with Gasteiger partial charge >= 0.3 is 5.97 Å². The molecule has 0 aromatic heterocycles. The van der Waals surface area contributed by atoms with E-state index in [1.165, 1.54) is 51.4 Å². The van der Waals surface area contributed by atoms with Gasteiger partial charge in [0.05, 0.1) is 12.0 Å². The van der Waals surface area contributed by atoms with Crippen molar-refractivity contribution in [2.45, 2.75) is 130 Å². The molecule has 4 heteroatoms. The highest BCUT2D eigenvalue weighted by Gasteiger charge is 2.82. The van der Waals surface area contributed by atoms with Gasteiger partial charge in [-0.15, -0.1) is 0 Å². The van der Waals surface area contributed by atoms with Crippen molar-refractivity contribution in [1.29, 1.82) is 0 Å². The number of fused-ring (bicyclic) bond motifs is 5. The third-order valence-corrected chi connectivity index (χ3v) is 16.9. The molecule has 8 rings (SSSR count). The summed E-state index contributed by atoms with van der Waals surface area (Å²) in [5.41, 5.74) is 0.586. The number of aliphatic carboxylic acids is 1. The third kappa shape index (κ3) is 2.69. The molecule has 13 atom stereocenters. The van der Waals surface area contributed by atoms with Gasteiger partial charge in [-0.1, -0.05) is 46.3 Å². The molecule has 0 radical (unpaired) electrons. The number of carboxylic acids is 1. The van der Waals surface area contributed by atoms with Gasteiger partial charge in [0.1, 0.15) is 0 Å². The van der Waals surface area contributed by atoms with Gasteiger partial charge in [0, 0.05) is 17.8 Å². The van der Waals surface area contributed by atoms with Crippen LogP contribution in [0.1, 0.15) is 125 Å². The fourth-order valence-electron chi connectivity index (χ4n) is 15.2. The molecular weight excluding hydrogens is 496 g/mol. The van der Waals surface area contributed by atoms with E-state index < -0.39 is 17.2 Å². The van der Waals surface area contributed by atoms with Crippen molar-refractivity contribution in [3.63, 3.8) is 0 Å². The molecule has 40 heavy (non-hydrogen) atoms. The molecule has 0 amide bonds. The largest absolute Gasteiger partial charge is 0.481 e. The molecule has 6 saturated carbocycles. The van der Waals surface area contributed by atoms with Crippen LogP contribution in [0, 0.1) is 67.5 Å². The molecule has 222 valence electrons. The second kappa shape index (κ2) is 7.61. The zero-order valence-corrected chi connectivity index (χ0v) is 25.9. The Hall–Kier alpha value is -0.870. The Balaban J connectivity index is 1.28. The van der Waals surface area contributed by atoms with Crippen molar-refractivity contribution in [3.05, 3.63) is 12.2 Å².